The summed E-state index contributed by atoms with van der Waals surface area (Å²) < 4.78 is 43.5. The van der Waals surface area contributed by atoms with Crippen LogP contribution < -0.4 is 4.72 Å². The molecule has 2 N–H and O–H groups in total. The van der Waals surface area contributed by atoms with Crippen LogP contribution in [0.5, 0.6) is 0 Å². The highest BCUT2D eigenvalue weighted by Gasteiger charge is 2.32. The number of ether oxygens (including phenoxy) is 2. The van der Waals surface area contributed by atoms with Gasteiger partial charge in [-0.3, -0.25) is 4.72 Å². The van der Waals surface area contributed by atoms with Gasteiger partial charge in [0.15, 0.2) is 10.6 Å². The van der Waals surface area contributed by atoms with Crippen LogP contribution in [-0.4, -0.2) is 30.4 Å². The number of hydrogen-bond donors (Lipinski definition) is 2. The molecule has 1 saturated heterocycles. The summed E-state index contributed by atoms with van der Waals surface area (Å²) in [5, 5.41) is 9.47. The van der Waals surface area contributed by atoms with Crippen LogP contribution in [0.3, 0.4) is 0 Å². The second-order valence-corrected chi connectivity index (χ2v) is 13.6. The minimum absolute atomic E-state index is 0.0232. The SMILES string of the molecule is O=S(=O)(Nc1cccc(C2OC(CSc3nc4ccccc4s3)CC(c3ccc(CO)cc3)O2)c1)c1ccccc1. The number of rotatable bonds is 9. The van der Waals surface area contributed by atoms with E-state index in [9.17, 15) is 13.5 Å². The van der Waals surface area contributed by atoms with Crippen LogP contribution in [0.25, 0.3) is 10.2 Å². The Morgan fingerprint density at radius 1 is 0.902 bits per heavy atom. The van der Waals surface area contributed by atoms with Gasteiger partial charge in [0, 0.05) is 23.4 Å². The number of para-hydroxylation sites is 1. The van der Waals surface area contributed by atoms with Gasteiger partial charge in [0.05, 0.1) is 33.9 Å². The fourth-order valence-electron chi connectivity index (χ4n) is 4.66. The summed E-state index contributed by atoms with van der Waals surface area (Å²) in [6, 6.07) is 31.2. The Labute approximate surface area is 247 Å². The van der Waals surface area contributed by atoms with Gasteiger partial charge in [-0.2, -0.15) is 0 Å². The topological polar surface area (TPSA) is 97.8 Å². The zero-order valence-corrected chi connectivity index (χ0v) is 24.4. The monoisotopic (exact) mass is 604 g/mol. The molecule has 6 rings (SSSR count). The van der Waals surface area contributed by atoms with Gasteiger partial charge in [-0.05, 0) is 47.5 Å². The zero-order valence-electron chi connectivity index (χ0n) is 21.9. The van der Waals surface area contributed by atoms with E-state index in [1.54, 1.807) is 71.6 Å². The maximum atomic E-state index is 12.9. The molecule has 1 fully saturated rings. The number of aliphatic hydroxyl groups is 1. The molecule has 1 aliphatic heterocycles. The molecule has 3 atom stereocenters. The highest BCUT2D eigenvalue weighted by Crippen LogP contribution is 2.40. The number of sulfonamides is 1. The largest absolute Gasteiger partial charge is 0.392 e. The van der Waals surface area contributed by atoms with E-state index in [0.717, 1.165) is 25.7 Å². The van der Waals surface area contributed by atoms with E-state index >= 15 is 0 Å². The van der Waals surface area contributed by atoms with E-state index in [2.05, 4.69) is 10.8 Å². The first-order valence-electron chi connectivity index (χ1n) is 13.1. The molecule has 0 bridgehead atoms. The van der Waals surface area contributed by atoms with Crippen molar-refractivity contribution in [3.63, 3.8) is 0 Å². The van der Waals surface area contributed by atoms with Crippen LogP contribution in [0.15, 0.2) is 112 Å². The van der Waals surface area contributed by atoms with Crippen molar-refractivity contribution in [2.24, 2.45) is 0 Å². The summed E-state index contributed by atoms with van der Waals surface area (Å²) in [6.07, 6.45) is -0.439. The molecule has 41 heavy (non-hydrogen) atoms. The average molecular weight is 605 g/mol. The van der Waals surface area contributed by atoms with Crippen LogP contribution in [0.4, 0.5) is 5.69 Å². The number of benzene rings is 4. The Balaban J connectivity index is 1.23. The number of fused-ring (bicyclic) bond motifs is 1. The molecule has 0 saturated carbocycles. The average Bonchev–Trinajstić information content (AvgIpc) is 3.43. The van der Waals surface area contributed by atoms with E-state index in [1.165, 1.54) is 0 Å². The van der Waals surface area contributed by atoms with Crippen molar-refractivity contribution in [1.82, 2.24) is 4.98 Å². The second-order valence-electron chi connectivity index (χ2n) is 9.65. The lowest BCUT2D eigenvalue weighted by molar-refractivity contribution is -0.245. The first-order chi connectivity index (χ1) is 20.0. The van der Waals surface area contributed by atoms with Gasteiger partial charge < -0.3 is 14.6 Å². The molecule has 5 aromatic rings. The Hall–Kier alpha value is -3.25. The fraction of sp³-hybridized carbons (Fsp3) is 0.194. The van der Waals surface area contributed by atoms with Crippen molar-refractivity contribution in [2.45, 2.75) is 40.8 Å². The Kier molecular flexibility index (Phi) is 8.38. The maximum Gasteiger partial charge on any atom is 0.261 e. The molecule has 0 radical (unpaired) electrons. The first kappa shape index (κ1) is 27.9. The lowest BCUT2D eigenvalue weighted by Gasteiger charge is -2.36. The Morgan fingerprint density at radius 2 is 1.68 bits per heavy atom. The minimum atomic E-state index is -3.74. The lowest BCUT2D eigenvalue weighted by atomic mass is 10.0. The molecule has 1 aromatic heterocycles. The van der Waals surface area contributed by atoms with Crippen LogP contribution in [0, 0.1) is 0 Å². The molecule has 1 aliphatic rings. The molecule has 10 heteroatoms. The third kappa shape index (κ3) is 6.64. The number of thiazole rings is 1. The van der Waals surface area contributed by atoms with Crippen molar-refractivity contribution < 1.29 is 23.0 Å². The predicted octanol–water partition coefficient (Wildman–Crippen LogP) is 6.93. The summed E-state index contributed by atoms with van der Waals surface area (Å²) in [5.74, 6) is 0.686. The van der Waals surface area contributed by atoms with Crippen molar-refractivity contribution >= 4 is 49.0 Å². The van der Waals surface area contributed by atoms with E-state index in [1.807, 2.05) is 48.5 Å². The van der Waals surface area contributed by atoms with Crippen LogP contribution >= 0.6 is 23.1 Å². The maximum absolute atomic E-state index is 12.9. The number of aliphatic hydroxyl groups excluding tert-OH is 1. The highest BCUT2D eigenvalue weighted by molar-refractivity contribution is 8.01. The van der Waals surface area contributed by atoms with Crippen molar-refractivity contribution in [3.05, 3.63) is 120 Å². The van der Waals surface area contributed by atoms with Crippen molar-refractivity contribution in [1.29, 1.82) is 0 Å². The molecule has 2 heterocycles. The summed E-state index contributed by atoms with van der Waals surface area (Å²) in [6.45, 7) is -0.0232. The molecule has 7 nitrogen and oxygen atoms in total. The van der Waals surface area contributed by atoms with E-state index in [-0.39, 0.29) is 23.7 Å². The second kappa shape index (κ2) is 12.3. The fourth-order valence-corrected chi connectivity index (χ4v) is 7.85. The molecular formula is C31H28N2O5S3. The standard InChI is InChI=1S/C31H28N2O5S3/c34-19-21-13-15-22(16-14-21)28-18-25(20-39-31-32-27-11-4-5-12-29(27)40-31)37-30(38-28)23-7-6-8-24(17-23)33-41(35,36)26-9-2-1-3-10-26/h1-17,25,28,30,33-34H,18-20H2. The van der Waals surface area contributed by atoms with Crippen LogP contribution in [-0.2, 0) is 26.1 Å². The zero-order chi connectivity index (χ0) is 28.2. The van der Waals surface area contributed by atoms with Gasteiger partial charge in [-0.25, -0.2) is 13.4 Å². The Bertz CT molecular complexity index is 1690. The lowest BCUT2D eigenvalue weighted by Crippen LogP contribution is -2.31. The molecule has 0 amide bonds. The van der Waals surface area contributed by atoms with E-state index in [0.29, 0.717) is 23.4 Å². The Morgan fingerprint density at radius 3 is 2.46 bits per heavy atom. The number of nitrogens with zero attached hydrogens (tertiary/aromatic N) is 1. The molecule has 3 unspecified atom stereocenters. The van der Waals surface area contributed by atoms with Crippen LogP contribution in [0.1, 0.15) is 35.5 Å². The van der Waals surface area contributed by atoms with Gasteiger partial charge in [0.25, 0.3) is 10.0 Å². The smallest absolute Gasteiger partial charge is 0.261 e. The number of anilines is 1. The van der Waals surface area contributed by atoms with E-state index in [4.69, 9.17) is 14.5 Å². The quantitative estimate of drug-likeness (QED) is 0.176. The van der Waals surface area contributed by atoms with Gasteiger partial charge in [-0.15, -0.1) is 11.3 Å². The van der Waals surface area contributed by atoms with Gasteiger partial charge in [0.1, 0.15) is 0 Å². The third-order valence-corrected chi connectivity index (χ3v) is 10.5. The minimum Gasteiger partial charge on any atom is -0.392 e. The molecular weight excluding hydrogens is 577 g/mol. The van der Waals surface area contributed by atoms with Gasteiger partial charge in [0.2, 0.25) is 0 Å². The number of thioether (sulfide) groups is 1. The van der Waals surface area contributed by atoms with Gasteiger partial charge in [-0.1, -0.05) is 78.5 Å². The summed E-state index contributed by atoms with van der Waals surface area (Å²) in [7, 11) is -3.74. The summed E-state index contributed by atoms with van der Waals surface area (Å²) in [5.41, 5.74) is 3.95. The van der Waals surface area contributed by atoms with Gasteiger partial charge >= 0.3 is 0 Å². The van der Waals surface area contributed by atoms with Crippen molar-refractivity contribution in [2.75, 3.05) is 10.5 Å². The number of aromatic nitrogens is 1. The molecule has 0 spiro atoms. The predicted molar refractivity (Wildman–Crippen MR) is 162 cm³/mol. The number of hydrogen-bond acceptors (Lipinski definition) is 8. The van der Waals surface area contributed by atoms with Crippen molar-refractivity contribution in [3.8, 4) is 0 Å². The molecule has 210 valence electrons. The summed E-state index contributed by atoms with van der Waals surface area (Å²) in [4.78, 5) is 4.94. The third-order valence-electron chi connectivity index (χ3n) is 6.75. The summed E-state index contributed by atoms with van der Waals surface area (Å²) >= 11 is 3.33. The van der Waals surface area contributed by atoms with Crippen LogP contribution in [0.2, 0.25) is 0 Å². The molecule has 0 aliphatic carbocycles. The highest BCUT2D eigenvalue weighted by atomic mass is 32.2. The normalized spacial score (nSPS) is 19.3. The molecule has 4 aromatic carbocycles. The first-order valence-corrected chi connectivity index (χ1v) is 16.4. The number of nitrogens with one attached hydrogen (secondary N) is 1. The van der Waals surface area contributed by atoms with E-state index < -0.39 is 16.3 Å².